The molecular weight excluding hydrogens is 302 g/mol. The van der Waals surface area contributed by atoms with Crippen molar-refractivity contribution in [3.05, 3.63) is 5.53 Å². The largest absolute Gasteiger partial charge is 0.461 e. The first-order chi connectivity index (χ1) is 10.7. The summed E-state index contributed by atoms with van der Waals surface area (Å²) in [6.45, 7) is 6.80. The van der Waals surface area contributed by atoms with Crippen molar-refractivity contribution in [1.29, 1.82) is 0 Å². The molecule has 0 unspecified atom stereocenters. The summed E-state index contributed by atoms with van der Waals surface area (Å²) in [5.74, 6) is -1.90. The highest BCUT2D eigenvalue weighted by atomic mass is 16.5. The fourth-order valence-electron chi connectivity index (χ4n) is 1.70. The fraction of sp³-hybridized carbons (Fsp3) is 0.733. The summed E-state index contributed by atoms with van der Waals surface area (Å²) in [4.78, 5) is 38.2. The maximum absolute atomic E-state index is 12.2. The average Bonchev–Trinajstić information content (AvgIpc) is 2.48. The molecule has 1 N–H and O–H groups in total. The van der Waals surface area contributed by atoms with Gasteiger partial charge in [0.2, 0.25) is 11.7 Å². The van der Waals surface area contributed by atoms with Crippen molar-refractivity contribution >= 4 is 23.9 Å². The number of rotatable bonds is 10. The van der Waals surface area contributed by atoms with Crippen LogP contribution in [0.5, 0.6) is 0 Å². The zero-order valence-electron chi connectivity index (χ0n) is 14.2. The quantitative estimate of drug-likeness (QED) is 0.275. The third-order valence-electron chi connectivity index (χ3n) is 3.32. The van der Waals surface area contributed by atoms with Crippen molar-refractivity contribution in [2.45, 2.75) is 58.8 Å². The van der Waals surface area contributed by atoms with E-state index < -0.39 is 23.7 Å². The van der Waals surface area contributed by atoms with Gasteiger partial charge in [-0.1, -0.05) is 6.92 Å². The van der Waals surface area contributed by atoms with E-state index in [0.717, 1.165) is 6.21 Å². The molecule has 23 heavy (non-hydrogen) atoms. The van der Waals surface area contributed by atoms with Gasteiger partial charge in [-0.2, -0.15) is 4.79 Å². The van der Waals surface area contributed by atoms with Crippen molar-refractivity contribution in [3.8, 4) is 0 Å². The molecule has 0 fully saturated rings. The number of Topliss-reactive ketones (excluding diaryl/α,β-unsaturated/α-hetero) is 1. The molecule has 8 nitrogen and oxygen atoms in total. The second-order valence-electron chi connectivity index (χ2n) is 5.53. The lowest BCUT2D eigenvalue weighted by atomic mass is 10.0. The van der Waals surface area contributed by atoms with E-state index in [1.807, 2.05) is 0 Å². The smallest absolute Gasteiger partial charge is 0.328 e. The molecule has 0 heterocycles. The van der Waals surface area contributed by atoms with E-state index in [4.69, 9.17) is 15.0 Å². The molecule has 130 valence electrons. The predicted molar refractivity (Wildman–Crippen MR) is 82.7 cm³/mol. The van der Waals surface area contributed by atoms with Crippen molar-refractivity contribution in [1.82, 2.24) is 5.32 Å². The molecule has 0 aromatic heterocycles. The Bertz CT molecular complexity index is 472. The minimum Gasteiger partial charge on any atom is -0.461 e. The molecule has 0 aliphatic rings. The number of carbonyl (C=O) groups is 3. The van der Waals surface area contributed by atoms with Gasteiger partial charge in [-0.3, -0.25) is 9.59 Å². The van der Waals surface area contributed by atoms with E-state index in [0.29, 0.717) is 0 Å². The first-order valence-corrected chi connectivity index (χ1v) is 7.46. The maximum atomic E-state index is 12.2. The van der Waals surface area contributed by atoms with E-state index in [1.165, 1.54) is 7.11 Å². The van der Waals surface area contributed by atoms with Gasteiger partial charge >= 0.3 is 12.2 Å². The van der Waals surface area contributed by atoms with Crippen LogP contribution in [0.3, 0.4) is 0 Å². The van der Waals surface area contributed by atoms with E-state index in [1.54, 1.807) is 27.7 Å². The van der Waals surface area contributed by atoms with Crippen LogP contribution in [-0.4, -0.2) is 54.0 Å². The number of nitrogens with zero attached hydrogens (tertiary/aromatic N) is 2. The second-order valence-corrected chi connectivity index (χ2v) is 5.53. The Hall–Kier alpha value is -2.05. The van der Waals surface area contributed by atoms with Crippen LogP contribution in [0.4, 0.5) is 0 Å². The molecule has 0 aromatic rings. The second kappa shape index (κ2) is 10.6. The van der Waals surface area contributed by atoms with Crippen molar-refractivity contribution in [2.75, 3.05) is 7.11 Å². The molecule has 3 atom stereocenters. The predicted octanol–water partition coefficient (Wildman–Crippen LogP) is 0.744. The maximum Gasteiger partial charge on any atom is 0.328 e. The van der Waals surface area contributed by atoms with Gasteiger partial charge in [-0.15, -0.1) is 0 Å². The Labute approximate surface area is 136 Å². The Kier molecular flexibility index (Phi) is 9.69. The van der Waals surface area contributed by atoms with E-state index >= 15 is 0 Å². The summed E-state index contributed by atoms with van der Waals surface area (Å²) in [6.07, 6.45) is 0.0846. The monoisotopic (exact) mass is 327 g/mol. The number of ketones is 1. The molecule has 0 spiro atoms. The van der Waals surface area contributed by atoms with Crippen LogP contribution in [0.1, 0.15) is 40.5 Å². The van der Waals surface area contributed by atoms with E-state index in [9.17, 15) is 14.4 Å². The lowest BCUT2D eigenvalue weighted by Gasteiger charge is -2.23. The Morgan fingerprint density at radius 2 is 1.83 bits per heavy atom. The molecule has 0 bridgehead atoms. The normalized spacial score (nSPS) is 14.3. The van der Waals surface area contributed by atoms with Crippen LogP contribution < -0.4 is 5.32 Å². The highest BCUT2D eigenvalue weighted by molar-refractivity contribution is 6.25. The number of hydrogen-bond acceptors (Lipinski definition) is 5. The van der Waals surface area contributed by atoms with Gasteiger partial charge in [0.15, 0.2) is 0 Å². The first kappa shape index (κ1) is 20.9. The number of amides is 1. The van der Waals surface area contributed by atoms with Crippen molar-refractivity contribution in [3.63, 3.8) is 0 Å². The summed E-state index contributed by atoms with van der Waals surface area (Å²) in [6, 6.07) is -0.951. The van der Waals surface area contributed by atoms with E-state index in [-0.39, 0.29) is 31.0 Å². The minimum absolute atomic E-state index is 0.0518. The number of nitrogens with one attached hydrogen (secondary N) is 1. The SMILES string of the molecule is CO[C@H](C)[C@@H](C)C(=O)N[C@@H](CCC(=O)C=[N+]=[N-])C(=O)OC(C)C. The summed E-state index contributed by atoms with van der Waals surface area (Å²) in [5.41, 5.74) is 8.31. The number of carbonyl (C=O) groups excluding carboxylic acids is 3. The zero-order valence-corrected chi connectivity index (χ0v) is 14.2. The zero-order chi connectivity index (χ0) is 18.0. The Balaban J connectivity index is 4.90. The molecule has 8 heteroatoms. The van der Waals surface area contributed by atoms with Crippen LogP contribution in [0.25, 0.3) is 5.53 Å². The van der Waals surface area contributed by atoms with Crippen LogP contribution in [-0.2, 0) is 23.9 Å². The summed E-state index contributed by atoms with van der Waals surface area (Å²) in [5, 5.41) is 2.58. The van der Waals surface area contributed by atoms with Crippen molar-refractivity contribution in [2.24, 2.45) is 5.92 Å². The topological polar surface area (TPSA) is 118 Å². The molecule has 0 aliphatic carbocycles. The van der Waals surface area contributed by atoms with Gasteiger partial charge in [0.25, 0.3) is 0 Å². The third kappa shape index (κ3) is 8.23. The summed E-state index contributed by atoms with van der Waals surface area (Å²) in [7, 11) is 1.49. The highest BCUT2D eigenvalue weighted by Gasteiger charge is 2.28. The average molecular weight is 327 g/mol. The van der Waals surface area contributed by atoms with Gasteiger partial charge in [-0.05, 0) is 27.2 Å². The molecule has 0 saturated heterocycles. The highest BCUT2D eigenvalue weighted by Crippen LogP contribution is 2.09. The van der Waals surface area contributed by atoms with Gasteiger partial charge in [0.1, 0.15) is 6.04 Å². The lowest BCUT2D eigenvalue weighted by molar-refractivity contribution is -0.152. The summed E-state index contributed by atoms with van der Waals surface area (Å²) >= 11 is 0. The van der Waals surface area contributed by atoms with Crippen LogP contribution in [0.2, 0.25) is 0 Å². The Morgan fingerprint density at radius 1 is 1.22 bits per heavy atom. The standard InChI is InChI=1S/C15H25N3O5/c1-9(2)23-15(21)13(7-6-12(19)8-17-16)18-14(20)10(3)11(4)22-5/h8-11,13H,6-7H2,1-5H3,(H,18,20)/t10-,11-,13+/m1/s1. The minimum atomic E-state index is -0.951. The van der Waals surface area contributed by atoms with Gasteiger partial charge < -0.3 is 20.3 Å². The molecule has 0 rings (SSSR count). The number of esters is 1. The number of ether oxygens (including phenoxy) is 2. The third-order valence-corrected chi connectivity index (χ3v) is 3.32. The molecule has 0 saturated carbocycles. The molecule has 1 amide bonds. The van der Waals surface area contributed by atoms with Gasteiger partial charge in [0, 0.05) is 13.5 Å². The van der Waals surface area contributed by atoms with E-state index in [2.05, 4.69) is 10.1 Å². The number of methoxy groups -OCH3 is 1. The van der Waals surface area contributed by atoms with Gasteiger partial charge in [-0.25, -0.2) is 4.79 Å². The molecule has 0 aliphatic heterocycles. The van der Waals surface area contributed by atoms with Crippen LogP contribution in [0, 0.1) is 5.92 Å². The van der Waals surface area contributed by atoms with Crippen LogP contribution >= 0.6 is 0 Å². The number of hydrogen-bond donors (Lipinski definition) is 1. The van der Waals surface area contributed by atoms with Crippen molar-refractivity contribution < 1.29 is 28.6 Å². The summed E-state index contributed by atoms with van der Waals surface area (Å²) < 4.78 is 10.2. The fourth-order valence-corrected chi connectivity index (χ4v) is 1.70. The van der Waals surface area contributed by atoms with Gasteiger partial charge in [0.05, 0.1) is 18.1 Å². The lowest BCUT2D eigenvalue weighted by Crippen LogP contribution is -2.46. The first-order valence-electron chi connectivity index (χ1n) is 7.46. The Morgan fingerprint density at radius 3 is 2.30 bits per heavy atom. The van der Waals surface area contributed by atoms with Crippen LogP contribution in [0.15, 0.2) is 0 Å². The molecular formula is C15H25N3O5. The molecule has 0 aromatic carbocycles. The molecule has 0 radical (unpaired) electrons.